The molecule has 1 N–H and O–H groups in total. The van der Waals surface area contributed by atoms with E-state index in [0.29, 0.717) is 5.75 Å². The fourth-order valence-electron chi connectivity index (χ4n) is 2.90. The lowest BCUT2D eigenvalue weighted by Gasteiger charge is -2.28. The second-order valence-electron chi connectivity index (χ2n) is 6.67. The lowest BCUT2D eigenvalue weighted by molar-refractivity contribution is -0.121. The van der Waals surface area contributed by atoms with E-state index in [0.717, 1.165) is 33.8 Å². The highest BCUT2D eigenvalue weighted by Gasteiger charge is 2.28. The highest BCUT2D eigenvalue weighted by Crippen LogP contribution is 2.21. The summed E-state index contributed by atoms with van der Waals surface area (Å²) in [5.74, 6) is -0.250. The number of carbonyl (C=O) groups is 1. The van der Waals surface area contributed by atoms with Crippen LogP contribution in [-0.4, -0.2) is 39.8 Å². The third-order valence-electron chi connectivity index (χ3n) is 4.03. The van der Waals surface area contributed by atoms with Crippen molar-refractivity contribution in [2.75, 3.05) is 23.7 Å². The zero-order valence-electron chi connectivity index (χ0n) is 16.4. The van der Waals surface area contributed by atoms with Gasteiger partial charge in [0.1, 0.15) is 24.2 Å². The topological polar surface area (TPSA) is 75.7 Å². The Kier molecular flexibility index (Phi) is 7.01. The van der Waals surface area contributed by atoms with E-state index in [4.69, 9.17) is 4.74 Å². The first-order valence-electron chi connectivity index (χ1n) is 8.81. The van der Waals surface area contributed by atoms with Crippen LogP contribution in [0.3, 0.4) is 0 Å². The van der Waals surface area contributed by atoms with E-state index in [2.05, 4.69) is 5.32 Å². The SMILES string of the molecule is Cc1cc(C)cc(OCCNC(=O)C(C)N(c2ccc(F)cc2)S(C)(=O)=O)c1. The highest BCUT2D eigenvalue weighted by atomic mass is 32.2. The molecule has 8 heteroatoms. The Bertz CT molecular complexity index is 909. The average molecular weight is 408 g/mol. The third-order valence-corrected chi connectivity index (χ3v) is 5.28. The molecule has 152 valence electrons. The molecular weight excluding hydrogens is 383 g/mol. The van der Waals surface area contributed by atoms with Gasteiger partial charge in [-0.1, -0.05) is 6.07 Å². The summed E-state index contributed by atoms with van der Waals surface area (Å²) in [7, 11) is -3.74. The standard InChI is InChI=1S/C20H25FN2O4S/c1-14-11-15(2)13-19(12-14)27-10-9-22-20(24)16(3)23(28(4,25)26)18-7-5-17(21)6-8-18/h5-8,11-13,16H,9-10H2,1-4H3,(H,22,24). The van der Waals surface area contributed by atoms with Gasteiger partial charge in [0.05, 0.1) is 18.5 Å². The molecular formula is C20H25FN2O4S. The lowest BCUT2D eigenvalue weighted by atomic mass is 10.1. The molecule has 0 fully saturated rings. The number of anilines is 1. The van der Waals surface area contributed by atoms with Crippen LogP contribution in [0, 0.1) is 19.7 Å². The Hall–Kier alpha value is -2.61. The maximum Gasteiger partial charge on any atom is 0.243 e. The predicted octanol–water partition coefficient (Wildman–Crippen LogP) is 2.79. The fraction of sp³-hybridized carbons (Fsp3) is 0.350. The first kappa shape index (κ1) is 21.7. The number of nitrogens with zero attached hydrogens (tertiary/aromatic N) is 1. The zero-order valence-corrected chi connectivity index (χ0v) is 17.2. The van der Waals surface area contributed by atoms with Crippen LogP contribution in [0.2, 0.25) is 0 Å². The van der Waals surface area contributed by atoms with Crippen molar-refractivity contribution in [2.45, 2.75) is 26.8 Å². The molecule has 6 nitrogen and oxygen atoms in total. The smallest absolute Gasteiger partial charge is 0.243 e. The molecule has 1 unspecified atom stereocenters. The number of halogens is 1. The molecule has 2 aromatic rings. The number of benzene rings is 2. The van der Waals surface area contributed by atoms with Crippen LogP contribution < -0.4 is 14.4 Å². The fourth-order valence-corrected chi connectivity index (χ4v) is 4.08. The van der Waals surface area contributed by atoms with Gasteiger partial charge in [-0.25, -0.2) is 12.8 Å². The van der Waals surface area contributed by atoms with Gasteiger partial charge in [-0.15, -0.1) is 0 Å². The second-order valence-corrected chi connectivity index (χ2v) is 8.53. The minimum Gasteiger partial charge on any atom is -0.492 e. The number of ether oxygens (including phenoxy) is 1. The van der Waals surface area contributed by atoms with E-state index in [-0.39, 0.29) is 18.8 Å². The Labute approximate surface area is 165 Å². The van der Waals surface area contributed by atoms with Crippen LogP contribution in [-0.2, 0) is 14.8 Å². The van der Waals surface area contributed by atoms with Crippen LogP contribution in [0.1, 0.15) is 18.1 Å². The number of amides is 1. The van der Waals surface area contributed by atoms with Crippen molar-refractivity contribution in [2.24, 2.45) is 0 Å². The maximum absolute atomic E-state index is 13.1. The summed E-state index contributed by atoms with van der Waals surface area (Å²) >= 11 is 0. The number of sulfonamides is 1. The van der Waals surface area contributed by atoms with Gasteiger partial charge in [-0.05, 0) is 68.3 Å². The van der Waals surface area contributed by atoms with Crippen molar-refractivity contribution < 1.29 is 22.3 Å². The van der Waals surface area contributed by atoms with Gasteiger partial charge >= 0.3 is 0 Å². The molecule has 2 rings (SSSR count). The lowest BCUT2D eigenvalue weighted by Crippen LogP contribution is -2.48. The summed E-state index contributed by atoms with van der Waals surface area (Å²) in [5.41, 5.74) is 2.38. The van der Waals surface area contributed by atoms with Crippen LogP contribution in [0.4, 0.5) is 10.1 Å². The van der Waals surface area contributed by atoms with Gasteiger partial charge in [0, 0.05) is 0 Å². The van der Waals surface area contributed by atoms with E-state index in [1.54, 1.807) is 0 Å². The van der Waals surface area contributed by atoms with Gasteiger partial charge in [-0.3, -0.25) is 9.10 Å². The molecule has 0 saturated heterocycles. The van der Waals surface area contributed by atoms with Crippen molar-refractivity contribution >= 4 is 21.6 Å². The van der Waals surface area contributed by atoms with Gasteiger partial charge in [0.15, 0.2) is 0 Å². The number of hydrogen-bond donors (Lipinski definition) is 1. The molecule has 0 saturated carbocycles. The molecule has 0 radical (unpaired) electrons. The molecule has 1 amide bonds. The van der Waals surface area contributed by atoms with Crippen molar-refractivity contribution in [1.82, 2.24) is 5.32 Å². The van der Waals surface area contributed by atoms with E-state index < -0.39 is 27.8 Å². The number of aryl methyl sites for hydroxylation is 2. The molecule has 0 aliphatic rings. The van der Waals surface area contributed by atoms with Crippen LogP contribution >= 0.6 is 0 Å². The summed E-state index contributed by atoms with van der Waals surface area (Å²) in [6, 6.07) is 9.78. The van der Waals surface area contributed by atoms with E-state index in [1.807, 2.05) is 32.0 Å². The first-order valence-corrected chi connectivity index (χ1v) is 10.7. The Balaban J connectivity index is 1.98. The normalized spacial score (nSPS) is 12.3. The van der Waals surface area contributed by atoms with E-state index >= 15 is 0 Å². The molecule has 0 heterocycles. The molecule has 2 aromatic carbocycles. The summed E-state index contributed by atoms with van der Waals surface area (Å²) < 4.78 is 44.1. The minimum atomic E-state index is -3.74. The summed E-state index contributed by atoms with van der Waals surface area (Å²) in [6.45, 7) is 5.88. The number of hydrogen-bond acceptors (Lipinski definition) is 4. The highest BCUT2D eigenvalue weighted by molar-refractivity contribution is 7.92. The van der Waals surface area contributed by atoms with Crippen molar-refractivity contribution in [3.8, 4) is 5.75 Å². The number of rotatable bonds is 8. The molecule has 0 aliphatic heterocycles. The molecule has 28 heavy (non-hydrogen) atoms. The minimum absolute atomic E-state index is 0.219. The molecule has 1 atom stereocenters. The maximum atomic E-state index is 13.1. The summed E-state index contributed by atoms with van der Waals surface area (Å²) in [4.78, 5) is 12.4. The molecule has 0 aromatic heterocycles. The second kappa shape index (κ2) is 9.05. The van der Waals surface area contributed by atoms with E-state index in [9.17, 15) is 17.6 Å². The quantitative estimate of drug-likeness (QED) is 0.682. The van der Waals surface area contributed by atoms with Crippen LogP contribution in [0.5, 0.6) is 5.75 Å². The number of carbonyl (C=O) groups excluding carboxylic acids is 1. The molecule has 0 aliphatic carbocycles. The Morgan fingerprint density at radius 2 is 1.71 bits per heavy atom. The van der Waals surface area contributed by atoms with E-state index in [1.165, 1.54) is 19.1 Å². The third kappa shape index (κ3) is 5.95. The Morgan fingerprint density at radius 3 is 2.25 bits per heavy atom. The first-order chi connectivity index (χ1) is 13.1. The average Bonchev–Trinajstić information content (AvgIpc) is 2.58. The van der Waals surface area contributed by atoms with Gasteiger partial charge in [0.2, 0.25) is 15.9 Å². The number of nitrogens with one attached hydrogen (secondary N) is 1. The van der Waals surface area contributed by atoms with Crippen molar-refractivity contribution in [3.05, 3.63) is 59.4 Å². The largest absolute Gasteiger partial charge is 0.492 e. The predicted molar refractivity (Wildman–Crippen MR) is 108 cm³/mol. The molecule has 0 bridgehead atoms. The van der Waals surface area contributed by atoms with Crippen molar-refractivity contribution in [1.29, 1.82) is 0 Å². The van der Waals surface area contributed by atoms with Crippen molar-refractivity contribution in [3.63, 3.8) is 0 Å². The van der Waals surface area contributed by atoms with Gasteiger partial charge < -0.3 is 10.1 Å². The van der Waals surface area contributed by atoms with Gasteiger partial charge in [0.25, 0.3) is 0 Å². The zero-order chi connectivity index (χ0) is 20.9. The Morgan fingerprint density at radius 1 is 1.14 bits per heavy atom. The van der Waals surface area contributed by atoms with Crippen LogP contribution in [0.25, 0.3) is 0 Å². The monoisotopic (exact) mass is 408 g/mol. The summed E-state index contributed by atoms with van der Waals surface area (Å²) in [5, 5.41) is 2.67. The van der Waals surface area contributed by atoms with Gasteiger partial charge in [-0.2, -0.15) is 0 Å². The summed E-state index contributed by atoms with van der Waals surface area (Å²) in [6.07, 6.45) is 1.00. The van der Waals surface area contributed by atoms with Crippen LogP contribution in [0.15, 0.2) is 42.5 Å². The molecule has 0 spiro atoms.